The molecular weight excluding hydrogens is 484 g/mol. The Morgan fingerprint density at radius 1 is 0.946 bits per heavy atom. The zero-order valence-corrected chi connectivity index (χ0v) is 21.7. The molecule has 4 aromatic rings. The van der Waals surface area contributed by atoms with E-state index in [1.807, 2.05) is 18.5 Å². The van der Waals surface area contributed by atoms with Crippen molar-refractivity contribution in [2.24, 2.45) is 0 Å². The van der Waals surface area contributed by atoms with E-state index in [1.54, 1.807) is 28.9 Å². The van der Waals surface area contributed by atoms with E-state index in [-0.39, 0.29) is 10.5 Å². The van der Waals surface area contributed by atoms with Crippen molar-refractivity contribution >= 4 is 15.5 Å². The second kappa shape index (κ2) is 8.39. The first kappa shape index (κ1) is 22.9. The van der Waals surface area contributed by atoms with Gasteiger partial charge in [0.15, 0.2) is 15.5 Å². The van der Waals surface area contributed by atoms with Crippen LogP contribution < -0.4 is 4.74 Å². The lowest BCUT2D eigenvalue weighted by molar-refractivity contribution is 0.104. The molecule has 1 saturated carbocycles. The van der Waals surface area contributed by atoms with E-state index in [0.29, 0.717) is 5.65 Å². The fourth-order valence-corrected chi connectivity index (χ4v) is 6.80. The molecule has 3 aliphatic rings. The monoisotopic (exact) mass is 514 g/mol. The van der Waals surface area contributed by atoms with E-state index in [2.05, 4.69) is 39.2 Å². The molecular formula is C29H30N4O3S. The first-order valence-electron chi connectivity index (χ1n) is 13.1. The predicted octanol–water partition coefficient (Wildman–Crippen LogP) is 5.01. The van der Waals surface area contributed by atoms with Crippen molar-refractivity contribution in [3.63, 3.8) is 0 Å². The summed E-state index contributed by atoms with van der Waals surface area (Å²) in [4.78, 5) is 7.67. The van der Waals surface area contributed by atoms with E-state index in [0.717, 1.165) is 59.5 Å². The van der Waals surface area contributed by atoms with Crippen molar-refractivity contribution in [2.45, 2.75) is 61.1 Å². The predicted molar refractivity (Wildman–Crippen MR) is 142 cm³/mol. The van der Waals surface area contributed by atoms with Crippen LogP contribution in [0.1, 0.15) is 38.5 Å². The maximum absolute atomic E-state index is 12.0. The SMILES string of the molecule is CS(=O)(=O)c1cccc(-c2cnn3cc(-c4ccc(OC5(CN6C7CCC6CC7)CC5)cc4)cnc23)c1. The Morgan fingerprint density at radius 3 is 2.35 bits per heavy atom. The summed E-state index contributed by atoms with van der Waals surface area (Å²) >= 11 is 0. The fourth-order valence-electron chi connectivity index (χ4n) is 6.13. The van der Waals surface area contributed by atoms with Crippen LogP contribution in [0.25, 0.3) is 27.9 Å². The highest BCUT2D eigenvalue weighted by Crippen LogP contribution is 2.46. The van der Waals surface area contributed by atoms with Crippen molar-refractivity contribution in [1.82, 2.24) is 19.5 Å². The van der Waals surface area contributed by atoms with Gasteiger partial charge in [-0.15, -0.1) is 0 Å². The zero-order chi connectivity index (χ0) is 25.2. The molecule has 2 saturated heterocycles. The Kier molecular flexibility index (Phi) is 5.20. The summed E-state index contributed by atoms with van der Waals surface area (Å²) in [5.74, 6) is 0.925. The number of aromatic nitrogens is 3. The topological polar surface area (TPSA) is 76.8 Å². The molecule has 2 bridgehead atoms. The lowest BCUT2D eigenvalue weighted by Crippen LogP contribution is -2.40. The quantitative estimate of drug-likeness (QED) is 0.345. The average Bonchev–Trinajstić information content (AvgIpc) is 3.20. The maximum Gasteiger partial charge on any atom is 0.175 e. The van der Waals surface area contributed by atoms with Crippen molar-refractivity contribution in [3.05, 3.63) is 67.1 Å². The van der Waals surface area contributed by atoms with E-state index >= 15 is 0 Å². The third-order valence-corrected chi connectivity index (χ3v) is 9.44. The number of benzene rings is 2. The van der Waals surface area contributed by atoms with Crippen molar-refractivity contribution < 1.29 is 13.2 Å². The van der Waals surface area contributed by atoms with Crippen molar-refractivity contribution in [3.8, 4) is 28.0 Å². The lowest BCUT2D eigenvalue weighted by atomic mass is 10.0. The first-order chi connectivity index (χ1) is 17.9. The van der Waals surface area contributed by atoms with Gasteiger partial charge in [-0.25, -0.2) is 17.9 Å². The van der Waals surface area contributed by atoms with Crippen LogP contribution in [-0.2, 0) is 9.84 Å². The van der Waals surface area contributed by atoms with Crippen LogP contribution in [0, 0.1) is 0 Å². The molecule has 0 N–H and O–H groups in total. The van der Waals surface area contributed by atoms with Gasteiger partial charge in [-0.2, -0.15) is 5.10 Å². The Bertz CT molecular complexity index is 1570. The molecule has 2 aromatic heterocycles. The zero-order valence-electron chi connectivity index (χ0n) is 20.9. The molecule has 7 nitrogen and oxygen atoms in total. The highest BCUT2D eigenvalue weighted by atomic mass is 32.2. The van der Waals surface area contributed by atoms with Crippen LogP contribution in [0.5, 0.6) is 5.75 Å². The second-order valence-corrected chi connectivity index (χ2v) is 12.9. The molecule has 0 amide bonds. The van der Waals surface area contributed by atoms with Crippen LogP contribution in [-0.4, -0.2) is 58.4 Å². The maximum atomic E-state index is 12.0. The molecule has 4 heterocycles. The van der Waals surface area contributed by atoms with Gasteiger partial charge in [-0.3, -0.25) is 4.90 Å². The lowest BCUT2D eigenvalue weighted by Gasteiger charge is -2.28. The first-order valence-corrected chi connectivity index (χ1v) is 15.0. The number of fused-ring (bicyclic) bond motifs is 3. The van der Waals surface area contributed by atoms with Gasteiger partial charge in [0.05, 0.1) is 11.1 Å². The smallest absolute Gasteiger partial charge is 0.175 e. The van der Waals surface area contributed by atoms with Gasteiger partial charge in [0.1, 0.15) is 11.4 Å². The summed E-state index contributed by atoms with van der Waals surface area (Å²) in [5, 5.41) is 4.49. The molecule has 190 valence electrons. The van der Waals surface area contributed by atoms with Crippen LogP contribution in [0.15, 0.2) is 72.0 Å². The second-order valence-electron chi connectivity index (χ2n) is 10.9. The van der Waals surface area contributed by atoms with E-state index in [9.17, 15) is 8.42 Å². The summed E-state index contributed by atoms with van der Waals surface area (Å²) in [6.45, 7) is 1.07. The van der Waals surface area contributed by atoms with Crippen LogP contribution >= 0.6 is 0 Å². The standard InChI is InChI=1S/C29H30N4O3S/c1-37(34,35)26-4-2-3-21(15-26)27-17-31-33-18-22(16-30-28(27)33)20-5-11-25(12-6-20)36-29(13-14-29)19-32-23-7-8-24(32)10-9-23/h2-6,11-12,15-18,23-24H,7-10,13-14,19H2,1H3. The molecule has 8 heteroatoms. The molecule has 0 spiro atoms. The van der Waals surface area contributed by atoms with Gasteiger partial charge in [-0.1, -0.05) is 24.3 Å². The fraction of sp³-hybridized carbons (Fsp3) is 0.379. The van der Waals surface area contributed by atoms with E-state index in [1.165, 1.54) is 31.9 Å². The van der Waals surface area contributed by atoms with Crippen LogP contribution in [0.3, 0.4) is 0 Å². The highest BCUT2D eigenvalue weighted by Gasteiger charge is 2.51. The highest BCUT2D eigenvalue weighted by molar-refractivity contribution is 7.90. The van der Waals surface area contributed by atoms with Gasteiger partial charge < -0.3 is 4.74 Å². The Labute approximate surface area is 217 Å². The summed E-state index contributed by atoms with van der Waals surface area (Å²) in [7, 11) is -3.29. The summed E-state index contributed by atoms with van der Waals surface area (Å²) in [6.07, 6.45) is 14.4. The molecule has 7 rings (SSSR count). The summed E-state index contributed by atoms with van der Waals surface area (Å²) in [5.41, 5.74) is 4.24. The average molecular weight is 515 g/mol. The van der Waals surface area contributed by atoms with Crippen molar-refractivity contribution in [2.75, 3.05) is 12.8 Å². The molecule has 37 heavy (non-hydrogen) atoms. The minimum Gasteiger partial charge on any atom is -0.486 e. The third-order valence-electron chi connectivity index (χ3n) is 8.33. The summed E-state index contributed by atoms with van der Waals surface area (Å²) in [6, 6.07) is 16.7. The minimum atomic E-state index is -3.29. The molecule has 3 fully saturated rings. The van der Waals surface area contributed by atoms with Gasteiger partial charge in [0.2, 0.25) is 0 Å². The Hall–Kier alpha value is -3.23. The minimum absolute atomic E-state index is 0.00691. The molecule has 0 atom stereocenters. The number of hydrogen-bond acceptors (Lipinski definition) is 6. The van der Waals surface area contributed by atoms with Gasteiger partial charge in [-0.05, 0) is 73.9 Å². The normalized spacial score (nSPS) is 22.5. The Balaban J connectivity index is 1.09. The number of rotatable bonds is 7. The van der Waals surface area contributed by atoms with Gasteiger partial charge in [0, 0.05) is 48.4 Å². The van der Waals surface area contributed by atoms with Crippen LogP contribution in [0.2, 0.25) is 0 Å². The number of sulfone groups is 1. The molecule has 0 unspecified atom stereocenters. The molecule has 1 aliphatic carbocycles. The number of ether oxygens (including phenoxy) is 1. The van der Waals surface area contributed by atoms with Gasteiger partial charge >= 0.3 is 0 Å². The molecule has 2 aliphatic heterocycles. The number of nitrogens with zero attached hydrogens (tertiary/aromatic N) is 4. The van der Waals surface area contributed by atoms with Crippen LogP contribution in [0.4, 0.5) is 0 Å². The largest absolute Gasteiger partial charge is 0.486 e. The van der Waals surface area contributed by atoms with Gasteiger partial charge in [0.25, 0.3) is 0 Å². The van der Waals surface area contributed by atoms with E-state index < -0.39 is 9.84 Å². The molecule has 0 radical (unpaired) electrons. The molecule has 2 aromatic carbocycles. The van der Waals surface area contributed by atoms with Crippen molar-refractivity contribution in [1.29, 1.82) is 0 Å². The summed E-state index contributed by atoms with van der Waals surface area (Å²) < 4.78 is 32.2. The van der Waals surface area contributed by atoms with E-state index in [4.69, 9.17) is 4.74 Å². The Morgan fingerprint density at radius 2 is 1.68 bits per heavy atom. The third kappa shape index (κ3) is 4.22. The number of hydrogen-bond donors (Lipinski definition) is 0.